The Morgan fingerprint density at radius 2 is 2.10 bits per heavy atom. The first-order valence-electron chi connectivity index (χ1n) is 6.59. The molecule has 21 heavy (non-hydrogen) atoms. The molecule has 0 spiro atoms. The van der Waals surface area contributed by atoms with Crippen LogP contribution in [0.2, 0.25) is 0 Å². The topological polar surface area (TPSA) is 114 Å². The van der Waals surface area contributed by atoms with Crippen LogP contribution in [-0.4, -0.2) is 18.6 Å². The van der Waals surface area contributed by atoms with Gasteiger partial charge in [0.2, 0.25) is 0 Å². The maximum absolute atomic E-state index is 12.4. The Morgan fingerprint density at radius 1 is 1.43 bits per heavy atom. The Bertz CT molecular complexity index is 746. The van der Waals surface area contributed by atoms with Crippen LogP contribution in [0, 0.1) is 20.8 Å². The van der Waals surface area contributed by atoms with Crippen LogP contribution in [0.5, 0.6) is 0 Å². The second-order valence-electron chi connectivity index (χ2n) is 5.05. The highest BCUT2D eigenvalue weighted by atomic mass is 32.2. The number of nitrogens with two attached hydrogens (primary N) is 1. The van der Waals surface area contributed by atoms with Crippen LogP contribution < -0.4 is 10.5 Å². The molecule has 8 heteroatoms. The van der Waals surface area contributed by atoms with Crippen molar-refractivity contribution in [3.05, 3.63) is 34.4 Å². The van der Waals surface area contributed by atoms with Crippen molar-refractivity contribution in [1.29, 1.82) is 0 Å². The summed E-state index contributed by atoms with van der Waals surface area (Å²) >= 11 is 0. The number of furan rings is 1. The molecule has 0 aliphatic carbocycles. The molecule has 2 rings (SSSR count). The lowest BCUT2D eigenvalue weighted by Gasteiger charge is -2.13. The van der Waals surface area contributed by atoms with Crippen LogP contribution in [0.4, 0.5) is 0 Å². The van der Waals surface area contributed by atoms with E-state index in [1.54, 1.807) is 20.8 Å². The molecule has 0 amide bonds. The van der Waals surface area contributed by atoms with Crippen molar-refractivity contribution in [3.8, 4) is 0 Å². The van der Waals surface area contributed by atoms with E-state index in [2.05, 4.69) is 14.9 Å². The summed E-state index contributed by atoms with van der Waals surface area (Å²) in [5.41, 5.74) is 7.55. The van der Waals surface area contributed by atoms with Gasteiger partial charge in [0.15, 0.2) is 5.03 Å². The van der Waals surface area contributed by atoms with E-state index in [0.717, 1.165) is 11.3 Å². The van der Waals surface area contributed by atoms with Gasteiger partial charge in [0.05, 0.1) is 0 Å². The Kier molecular flexibility index (Phi) is 4.22. The highest BCUT2D eigenvalue weighted by molar-refractivity contribution is 7.89. The van der Waals surface area contributed by atoms with Crippen molar-refractivity contribution in [2.75, 3.05) is 0 Å². The number of nitrogens with one attached hydrogen (secondary N) is 2. The van der Waals surface area contributed by atoms with Crippen molar-refractivity contribution in [2.45, 2.75) is 45.3 Å². The summed E-state index contributed by atoms with van der Waals surface area (Å²) in [6.07, 6.45) is 0. The van der Waals surface area contributed by atoms with E-state index in [-0.39, 0.29) is 11.6 Å². The summed E-state index contributed by atoms with van der Waals surface area (Å²) < 4.78 is 32.9. The highest BCUT2D eigenvalue weighted by Crippen LogP contribution is 2.24. The zero-order valence-electron chi connectivity index (χ0n) is 12.5. The third-order valence-electron chi connectivity index (χ3n) is 3.37. The third-order valence-corrected chi connectivity index (χ3v) is 4.88. The molecule has 116 valence electrons. The molecule has 1 atom stereocenters. The number of hydrogen-bond acceptors (Lipinski definition) is 5. The van der Waals surface area contributed by atoms with Gasteiger partial charge in [-0.2, -0.15) is 5.10 Å². The van der Waals surface area contributed by atoms with Gasteiger partial charge in [-0.05, 0) is 33.8 Å². The van der Waals surface area contributed by atoms with E-state index in [9.17, 15) is 8.42 Å². The van der Waals surface area contributed by atoms with Crippen molar-refractivity contribution in [1.82, 2.24) is 14.9 Å². The lowest BCUT2D eigenvalue weighted by Crippen LogP contribution is -2.28. The average molecular weight is 312 g/mol. The summed E-state index contributed by atoms with van der Waals surface area (Å²) in [6, 6.07) is 1.40. The predicted molar refractivity (Wildman–Crippen MR) is 78.1 cm³/mol. The average Bonchev–Trinajstić information content (AvgIpc) is 2.91. The van der Waals surface area contributed by atoms with Crippen molar-refractivity contribution in [2.24, 2.45) is 5.73 Å². The second-order valence-corrected chi connectivity index (χ2v) is 6.68. The largest absolute Gasteiger partial charge is 0.466 e. The molecule has 0 aliphatic heterocycles. The Balaban J connectivity index is 2.31. The van der Waals surface area contributed by atoms with Crippen molar-refractivity contribution >= 4 is 10.0 Å². The quantitative estimate of drug-likeness (QED) is 0.772. The number of aromatic amines is 1. The van der Waals surface area contributed by atoms with E-state index in [0.29, 0.717) is 17.0 Å². The fraction of sp³-hybridized carbons (Fsp3) is 0.462. The molecule has 1 unspecified atom stereocenters. The molecule has 0 saturated carbocycles. The van der Waals surface area contributed by atoms with Crippen LogP contribution in [0.3, 0.4) is 0 Å². The third kappa shape index (κ3) is 3.02. The predicted octanol–water partition coefficient (Wildman–Crippen LogP) is 1.43. The number of aromatic nitrogens is 2. The van der Waals surface area contributed by atoms with E-state index < -0.39 is 16.1 Å². The van der Waals surface area contributed by atoms with E-state index in [4.69, 9.17) is 10.2 Å². The molecule has 2 aromatic heterocycles. The van der Waals surface area contributed by atoms with Gasteiger partial charge >= 0.3 is 0 Å². The molecule has 0 radical (unpaired) electrons. The molecular formula is C13H20N4O3S. The van der Waals surface area contributed by atoms with E-state index in [1.807, 2.05) is 13.0 Å². The van der Waals surface area contributed by atoms with Gasteiger partial charge in [-0.3, -0.25) is 5.10 Å². The van der Waals surface area contributed by atoms with Gasteiger partial charge in [0.1, 0.15) is 11.5 Å². The SMILES string of the molecule is Cc1cc(C(C)NS(=O)(=O)c2n[nH]c(C)c2CN)c(C)o1. The molecule has 2 aromatic rings. The highest BCUT2D eigenvalue weighted by Gasteiger charge is 2.26. The van der Waals surface area contributed by atoms with Crippen molar-refractivity contribution in [3.63, 3.8) is 0 Å². The van der Waals surface area contributed by atoms with Crippen LogP contribution in [0.25, 0.3) is 0 Å². The molecule has 0 bridgehead atoms. The van der Waals surface area contributed by atoms with Gasteiger partial charge in [0.25, 0.3) is 10.0 Å². The maximum Gasteiger partial charge on any atom is 0.260 e. The summed E-state index contributed by atoms with van der Waals surface area (Å²) in [6.45, 7) is 7.23. The Hall–Kier alpha value is -1.64. The zero-order chi connectivity index (χ0) is 15.8. The van der Waals surface area contributed by atoms with Crippen LogP contribution >= 0.6 is 0 Å². The number of aryl methyl sites for hydroxylation is 3. The molecule has 4 N–H and O–H groups in total. The Labute approximate surface area is 124 Å². The zero-order valence-corrected chi connectivity index (χ0v) is 13.3. The number of H-pyrrole nitrogens is 1. The van der Waals surface area contributed by atoms with E-state index >= 15 is 0 Å². The van der Waals surface area contributed by atoms with Crippen LogP contribution in [0.15, 0.2) is 15.5 Å². The maximum atomic E-state index is 12.4. The van der Waals surface area contributed by atoms with E-state index in [1.165, 1.54) is 0 Å². The lowest BCUT2D eigenvalue weighted by molar-refractivity contribution is 0.496. The number of hydrogen-bond donors (Lipinski definition) is 3. The van der Waals surface area contributed by atoms with Crippen molar-refractivity contribution < 1.29 is 12.8 Å². The van der Waals surface area contributed by atoms with Gasteiger partial charge < -0.3 is 10.2 Å². The minimum Gasteiger partial charge on any atom is -0.466 e. The minimum atomic E-state index is -3.75. The number of rotatable bonds is 5. The molecule has 0 fully saturated rings. The number of sulfonamides is 1. The minimum absolute atomic E-state index is 0.0489. The fourth-order valence-corrected chi connectivity index (χ4v) is 3.76. The normalized spacial score (nSPS) is 13.6. The van der Waals surface area contributed by atoms with Crippen LogP contribution in [0.1, 0.15) is 41.3 Å². The van der Waals surface area contributed by atoms with Crippen LogP contribution in [-0.2, 0) is 16.6 Å². The van der Waals surface area contributed by atoms with Gasteiger partial charge in [-0.15, -0.1) is 0 Å². The summed E-state index contributed by atoms with van der Waals surface area (Å²) in [5, 5.41) is 6.46. The Morgan fingerprint density at radius 3 is 2.62 bits per heavy atom. The molecule has 0 aromatic carbocycles. The first-order valence-corrected chi connectivity index (χ1v) is 8.07. The fourth-order valence-electron chi connectivity index (χ4n) is 2.33. The molecular weight excluding hydrogens is 292 g/mol. The molecule has 0 aliphatic rings. The summed E-state index contributed by atoms with van der Waals surface area (Å²) in [4.78, 5) is 0. The standard InChI is InChI=1S/C13H20N4O3S/c1-7-5-11(10(4)20-7)9(3)17-21(18,19)13-12(6-14)8(2)15-16-13/h5,9,17H,6,14H2,1-4H3,(H,15,16). The molecule has 0 saturated heterocycles. The molecule has 2 heterocycles. The second kappa shape index (κ2) is 5.63. The number of nitrogens with zero attached hydrogens (tertiary/aromatic N) is 1. The first kappa shape index (κ1) is 15.7. The molecule has 7 nitrogen and oxygen atoms in total. The van der Waals surface area contributed by atoms with Gasteiger partial charge in [0, 0.05) is 29.4 Å². The summed E-state index contributed by atoms with van der Waals surface area (Å²) in [7, 11) is -3.75. The van der Waals surface area contributed by atoms with Gasteiger partial charge in [-0.1, -0.05) is 0 Å². The van der Waals surface area contributed by atoms with Gasteiger partial charge in [-0.25, -0.2) is 13.1 Å². The monoisotopic (exact) mass is 312 g/mol. The summed E-state index contributed by atoms with van der Waals surface area (Å²) in [5.74, 6) is 1.44. The lowest BCUT2D eigenvalue weighted by atomic mass is 10.1. The first-order chi connectivity index (χ1) is 9.76. The smallest absolute Gasteiger partial charge is 0.260 e.